The Hall–Kier alpha value is -2.49. The van der Waals surface area contributed by atoms with Gasteiger partial charge in [0, 0.05) is 25.3 Å². The number of amides is 1. The van der Waals surface area contributed by atoms with Crippen LogP contribution in [-0.2, 0) is 11.3 Å². The highest BCUT2D eigenvalue weighted by molar-refractivity contribution is 5.81. The number of carbonyl (C=O) groups is 1. The zero-order chi connectivity index (χ0) is 19.1. The number of piperidine rings is 1. The number of aryl methyl sites for hydroxylation is 1. The third-order valence-electron chi connectivity index (χ3n) is 5.15. The quantitative estimate of drug-likeness (QED) is 0.787. The van der Waals surface area contributed by atoms with E-state index in [1.54, 1.807) is 0 Å². The van der Waals surface area contributed by atoms with Gasteiger partial charge in [-0.2, -0.15) is 0 Å². The van der Waals surface area contributed by atoms with E-state index in [9.17, 15) is 4.79 Å². The topological polar surface area (TPSA) is 41.6 Å². The molecule has 144 valence electrons. The van der Waals surface area contributed by atoms with Crippen molar-refractivity contribution in [3.63, 3.8) is 0 Å². The number of hydrogen-bond donors (Lipinski definition) is 1. The van der Waals surface area contributed by atoms with E-state index >= 15 is 0 Å². The molecule has 1 heterocycles. The Morgan fingerprint density at radius 2 is 1.78 bits per heavy atom. The van der Waals surface area contributed by atoms with Gasteiger partial charge in [-0.05, 0) is 61.9 Å². The van der Waals surface area contributed by atoms with Gasteiger partial charge in [0.15, 0.2) is 6.10 Å². The molecule has 1 aliphatic rings. The lowest BCUT2D eigenvalue weighted by atomic mass is 10.1. The molecule has 0 unspecified atom stereocenters. The van der Waals surface area contributed by atoms with Crippen LogP contribution in [0.3, 0.4) is 0 Å². The van der Waals surface area contributed by atoms with Crippen LogP contribution in [0.25, 0.3) is 0 Å². The molecule has 0 bridgehead atoms. The molecular weight excluding hydrogens is 336 g/mol. The van der Waals surface area contributed by atoms with Crippen molar-refractivity contribution in [1.29, 1.82) is 0 Å². The maximum Gasteiger partial charge on any atom is 0.261 e. The number of carbonyl (C=O) groups excluding carboxylic acids is 1. The van der Waals surface area contributed by atoms with Crippen LogP contribution in [0.5, 0.6) is 5.75 Å². The van der Waals surface area contributed by atoms with E-state index in [4.69, 9.17) is 4.74 Å². The van der Waals surface area contributed by atoms with Gasteiger partial charge in [-0.25, -0.2) is 0 Å². The first kappa shape index (κ1) is 19.3. The van der Waals surface area contributed by atoms with Crippen molar-refractivity contribution in [3.05, 3.63) is 59.7 Å². The van der Waals surface area contributed by atoms with E-state index in [0.29, 0.717) is 13.0 Å². The number of benzene rings is 2. The third kappa shape index (κ3) is 5.25. The lowest BCUT2D eigenvalue weighted by Gasteiger charge is -2.28. The summed E-state index contributed by atoms with van der Waals surface area (Å²) in [6.45, 7) is 6.77. The second kappa shape index (κ2) is 9.45. The maximum absolute atomic E-state index is 12.5. The molecule has 1 N–H and O–H groups in total. The van der Waals surface area contributed by atoms with Gasteiger partial charge in [-0.1, -0.05) is 37.3 Å². The first-order valence-electron chi connectivity index (χ1n) is 10.0. The van der Waals surface area contributed by atoms with Crippen LogP contribution in [-0.4, -0.2) is 25.1 Å². The molecule has 4 nitrogen and oxygen atoms in total. The number of ether oxygens (including phenoxy) is 1. The fourth-order valence-electron chi connectivity index (χ4n) is 3.44. The minimum atomic E-state index is -0.473. The number of rotatable bonds is 7. The Labute approximate surface area is 162 Å². The second-order valence-corrected chi connectivity index (χ2v) is 7.21. The molecule has 1 fully saturated rings. The van der Waals surface area contributed by atoms with Crippen molar-refractivity contribution >= 4 is 11.6 Å². The zero-order valence-electron chi connectivity index (χ0n) is 16.4. The molecule has 3 rings (SSSR count). The standard InChI is InChI=1S/C23H30N2O2/c1-3-21(27-22-10-6-5-9-18(22)2)23(26)24-17-19-11-13-20(14-12-19)25-15-7-4-8-16-25/h5-6,9-14,21H,3-4,7-8,15-17H2,1-2H3,(H,24,26)/t21-/m0/s1. The molecule has 2 aromatic carbocycles. The predicted molar refractivity (Wildman–Crippen MR) is 110 cm³/mol. The summed E-state index contributed by atoms with van der Waals surface area (Å²) in [7, 11) is 0. The molecule has 1 atom stereocenters. The van der Waals surface area contributed by atoms with E-state index in [2.05, 4.69) is 34.5 Å². The minimum Gasteiger partial charge on any atom is -0.480 e. The van der Waals surface area contributed by atoms with Gasteiger partial charge in [-0.15, -0.1) is 0 Å². The molecule has 27 heavy (non-hydrogen) atoms. The summed E-state index contributed by atoms with van der Waals surface area (Å²) < 4.78 is 5.92. The smallest absolute Gasteiger partial charge is 0.261 e. The van der Waals surface area contributed by atoms with Crippen LogP contribution < -0.4 is 15.0 Å². The minimum absolute atomic E-state index is 0.0686. The Balaban J connectivity index is 1.53. The number of anilines is 1. The molecular formula is C23H30N2O2. The molecule has 1 saturated heterocycles. The Morgan fingerprint density at radius 1 is 1.07 bits per heavy atom. The second-order valence-electron chi connectivity index (χ2n) is 7.21. The molecule has 2 aromatic rings. The average Bonchev–Trinajstić information content (AvgIpc) is 2.72. The van der Waals surface area contributed by atoms with Crippen LogP contribution in [0.15, 0.2) is 48.5 Å². The van der Waals surface area contributed by atoms with Crippen LogP contribution >= 0.6 is 0 Å². The van der Waals surface area contributed by atoms with Gasteiger partial charge in [0.05, 0.1) is 0 Å². The normalized spacial score (nSPS) is 15.3. The monoisotopic (exact) mass is 366 g/mol. The SMILES string of the molecule is CC[C@H](Oc1ccccc1C)C(=O)NCc1ccc(N2CCCCC2)cc1. The van der Waals surface area contributed by atoms with Crippen molar-refractivity contribution in [2.45, 2.75) is 52.2 Å². The first-order chi connectivity index (χ1) is 13.2. The van der Waals surface area contributed by atoms with Gasteiger partial charge >= 0.3 is 0 Å². The van der Waals surface area contributed by atoms with Gasteiger partial charge in [0.2, 0.25) is 0 Å². The molecule has 0 aliphatic carbocycles. The van der Waals surface area contributed by atoms with Crippen molar-refractivity contribution in [2.75, 3.05) is 18.0 Å². The summed E-state index contributed by atoms with van der Waals surface area (Å²) in [6, 6.07) is 16.3. The van der Waals surface area contributed by atoms with Crippen molar-refractivity contribution in [3.8, 4) is 5.75 Å². The van der Waals surface area contributed by atoms with E-state index in [0.717, 1.165) is 30.0 Å². The molecule has 0 spiro atoms. The summed E-state index contributed by atoms with van der Waals surface area (Å²) in [6.07, 6.45) is 4.05. The first-order valence-corrected chi connectivity index (χ1v) is 10.0. The lowest BCUT2D eigenvalue weighted by molar-refractivity contribution is -0.128. The summed E-state index contributed by atoms with van der Waals surface area (Å²) in [5.41, 5.74) is 3.42. The van der Waals surface area contributed by atoms with Crippen molar-refractivity contribution < 1.29 is 9.53 Å². The van der Waals surface area contributed by atoms with E-state index in [1.807, 2.05) is 38.1 Å². The van der Waals surface area contributed by atoms with Crippen molar-refractivity contribution in [1.82, 2.24) is 5.32 Å². The van der Waals surface area contributed by atoms with Crippen LogP contribution in [0.4, 0.5) is 5.69 Å². The molecule has 1 aliphatic heterocycles. The third-order valence-corrected chi connectivity index (χ3v) is 5.15. The number of nitrogens with one attached hydrogen (secondary N) is 1. The summed E-state index contributed by atoms with van der Waals surface area (Å²) in [5, 5.41) is 3.01. The number of hydrogen-bond acceptors (Lipinski definition) is 3. The summed E-state index contributed by atoms with van der Waals surface area (Å²) in [5.74, 6) is 0.700. The van der Waals surface area contributed by atoms with Crippen molar-refractivity contribution in [2.24, 2.45) is 0 Å². The Kier molecular flexibility index (Phi) is 6.74. The molecule has 0 aromatic heterocycles. The fourth-order valence-corrected chi connectivity index (χ4v) is 3.44. The van der Waals surface area contributed by atoms with Crippen LogP contribution in [0.1, 0.15) is 43.7 Å². The Bertz CT molecular complexity index is 736. The Morgan fingerprint density at radius 3 is 2.44 bits per heavy atom. The largest absolute Gasteiger partial charge is 0.480 e. The fraction of sp³-hybridized carbons (Fsp3) is 0.435. The van der Waals surface area contributed by atoms with E-state index in [1.165, 1.54) is 24.9 Å². The summed E-state index contributed by atoms with van der Waals surface area (Å²) >= 11 is 0. The summed E-state index contributed by atoms with van der Waals surface area (Å²) in [4.78, 5) is 15.0. The van der Waals surface area contributed by atoms with Gasteiger partial charge < -0.3 is 15.0 Å². The molecule has 0 radical (unpaired) electrons. The van der Waals surface area contributed by atoms with Gasteiger partial charge in [0.1, 0.15) is 5.75 Å². The van der Waals surface area contributed by atoms with Gasteiger partial charge in [0.25, 0.3) is 5.91 Å². The average molecular weight is 367 g/mol. The highest BCUT2D eigenvalue weighted by Crippen LogP contribution is 2.21. The van der Waals surface area contributed by atoms with Crippen LogP contribution in [0.2, 0.25) is 0 Å². The molecule has 0 saturated carbocycles. The lowest BCUT2D eigenvalue weighted by Crippen LogP contribution is -2.37. The zero-order valence-corrected chi connectivity index (χ0v) is 16.4. The number of para-hydroxylation sites is 1. The maximum atomic E-state index is 12.5. The number of nitrogens with zero attached hydrogens (tertiary/aromatic N) is 1. The highest BCUT2D eigenvalue weighted by atomic mass is 16.5. The highest BCUT2D eigenvalue weighted by Gasteiger charge is 2.19. The molecule has 4 heteroatoms. The van der Waals surface area contributed by atoms with E-state index in [-0.39, 0.29) is 5.91 Å². The van der Waals surface area contributed by atoms with Gasteiger partial charge in [-0.3, -0.25) is 4.79 Å². The molecule has 1 amide bonds. The van der Waals surface area contributed by atoms with Crippen LogP contribution in [0, 0.1) is 6.92 Å². The van der Waals surface area contributed by atoms with E-state index < -0.39 is 6.10 Å². The predicted octanol–water partition coefficient (Wildman–Crippen LogP) is 4.46.